The lowest BCUT2D eigenvalue weighted by Gasteiger charge is -2.27. The molecule has 0 spiro atoms. The third-order valence-corrected chi connectivity index (χ3v) is 4.06. The summed E-state index contributed by atoms with van der Waals surface area (Å²) in [5, 5.41) is 15.8. The van der Waals surface area contributed by atoms with Gasteiger partial charge in [0, 0.05) is 30.5 Å². The number of fused-ring (bicyclic) bond motifs is 1. The number of carbonyl (C=O) groups is 1. The lowest BCUT2D eigenvalue weighted by molar-refractivity contribution is -0.124. The van der Waals surface area contributed by atoms with Crippen molar-refractivity contribution >= 4 is 17.4 Å². The molecule has 8 heteroatoms. The number of amides is 1. The summed E-state index contributed by atoms with van der Waals surface area (Å²) in [7, 11) is 0. The molecule has 3 rings (SSSR count). The highest BCUT2D eigenvalue weighted by Crippen LogP contribution is 2.36. The fourth-order valence-electron chi connectivity index (χ4n) is 2.78. The van der Waals surface area contributed by atoms with E-state index >= 15 is 0 Å². The molecule has 0 atom stereocenters. The van der Waals surface area contributed by atoms with Gasteiger partial charge in [-0.15, -0.1) is 0 Å². The topological polar surface area (TPSA) is 83.1 Å². The molecule has 6 nitrogen and oxygen atoms in total. The summed E-state index contributed by atoms with van der Waals surface area (Å²) in [5.41, 5.74) is 1.29. The van der Waals surface area contributed by atoms with E-state index in [1.54, 1.807) is 13.0 Å². The van der Waals surface area contributed by atoms with E-state index in [0.29, 0.717) is 22.7 Å². The standard InChI is InChI=1S/C15H15F2N5O/c1-9-6-12(22-13(20-9)11(7-18)8-19-22)21-14(23)10-2-4-15(16,17)5-3-10/h6,8,10H,2-5H2,1H3,(H,21,23). The maximum Gasteiger partial charge on any atom is 0.248 e. The highest BCUT2D eigenvalue weighted by atomic mass is 19.3. The second kappa shape index (κ2) is 5.57. The summed E-state index contributed by atoms with van der Waals surface area (Å²) in [5.74, 6) is -3.03. The van der Waals surface area contributed by atoms with Crippen molar-refractivity contribution in [2.75, 3.05) is 5.32 Å². The molecule has 0 aromatic carbocycles. The molecular formula is C15H15F2N5O. The minimum atomic E-state index is -2.67. The van der Waals surface area contributed by atoms with E-state index < -0.39 is 11.8 Å². The van der Waals surface area contributed by atoms with Gasteiger partial charge in [-0.05, 0) is 19.8 Å². The smallest absolute Gasteiger partial charge is 0.248 e. The Hall–Kier alpha value is -2.56. The van der Waals surface area contributed by atoms with Crippen molar-refractivity contribution in [1.82, 2.24) is 14.6 Å². The molecule has 0 radical (unpaired) electrons. The number of aryl methyl sites for hydroxylation is 1. The van der Waals surface area contributed by atoms with Crippen LogP contribution in [0.3, 0.4) is 0 Å². The van der Waals surface area contributed by atoms with Crippen LogP contribution in [0.4, 0.5) is 14.6 Å². The molecule has 2 aromatic rings. The van der Waals surface area contributed by atoms with Gasteiger partial charge in [-0.3, -0.25) is 4.79 Å². The maximum absolute atomic E-state index is 13.2. The number of nitrogens with zero attached hydrogens (tertiary/aromatic N) is 4. The zero-order valence-electron chi connectivity index (χ0n) is 12.5. The Balaban J connectivity index is 1.83. The van der Waals surface area contributed by atoms with Gasteiger partial charge < -0.3 is 5.32 Å². The molecule has 2 heterocycles. The fraction of sp³-hybridized carbons (Fsp3) is 0.467. The van der Waals surface area contributed by atoms with E-state index in [1.807, 2.05) is 6.07 Å². The number of alkyl halides is 2. The Kier molecular flexibility index (Phi) is 3.72. The summed E-state index contributed by atoms with van der Waals surface area (Å²) in [4.78, 5) is 16.6. The fourth-order valence-corrected chi connectivity index (χ4v) is 2.78. The second-order valence-electron chi connectivity index (χ2n) is 5.81. The van der Waals surface area contributed by atoms with Crippen LogP contribution in [0.5, 0.6) is 0 Å². The SMILES string of the molecule is Cc1cc(NC(=O)C2CCC(F)(F)CC2)n2ncc(C#N)c2n1. The molecule has 1 N–H and O–H groups in total. The zero-order chi connectivity index (χ0) is 16.6. The molecule has 2 aromatic heterocycles. The van der Waals surface area contributed by atoms with E-state index in [1.165, 1.54) is 10.7 Å². The first-order valence-corrected chi connectivity index (χ1v) is 7.34. The number of carbonyl (C=O) groups excluding carboxylic acids is 1. The molecule has 1 aliphatic rings. The molecule has 0 aliphatic heterocycles. The number of hydrogen-bond donors (Lipinski definition) is 1. The first kappa shape index (κ1) is 15.3. The molecule has 0 saturated heterocycles. The summed E-state index contributed by atoms with van der Waals surface area (Å²) in [6.07, 6.45) is 1.16. The molecule has 120 valence electrons. The van der Waals surface area contributed by atoms with Crippen LogP contribution in [-0.4, -0.2) is 26.4 Å². The van der Waals surface area contributed by atoms with Gasteiger partial charge in [0.05, 0.1) is 6.20 Å². The molecule has 0 bridgehead atoms. The van der Waals surface area contributed by atoms with Gasteiger partial charge in [-0.2, -0.15) is 14.9 Å². The van der Waals surface area contributed by atoms with Crippen LogP contribution in [0, 0.1) is 24.2 Å². The van der Waals surface area contributed by atoms with Gasteiger partial charge in [0.15, 0.2) is 5.65 Å². The van der Waals surface area contributed by atoms with Crippen molar-refractivity contribution in [1.29, 1.82) is 5.26 Å². The summed E-state index contributed by atoms with van der Waals surface area (Å²) in [6, 6.07) is 3.62. The van der Waals surface area contributed by atoms with E-state index in [9.17, 15) is 13.6 Å². The summed E-state index contributed by atoms with van der Waals surface area (Å²) in [6.45, 7) is 1.74. The predicted molar refractivity (Wildman–Crippen MR) is 78.0 cm³/mol. The Bertz CT molecular complexity index is 798. The van der Waals surface area contributed by atoms with E-state index in [2.05, 4.69) is 15.4 Å². The number of rotatable bonds is 2. The Labute approximate surface area is 131 Å². The van der Waals surface area contributed by atoms with Crippen LogP contribution in [0.15, 0.2) is 12.3 Å². The minimum absolute atomic E-state index is 0.161. The van der Waals surface area contributed by atoms with Crippen molar-refractivity contribution in [3.63, 3.8) is 0 Å². The monoisotopic (exact) mass is 319 g/mol. The van der Waals surface area contributed by atoms with Gasteiger partial charge in [-0.25, -0.2) is 13.8 Å². The zero-order valence-corrected chi connectivity index (χ0v) is 12.5. The van der Waals surface area contributed by atoms with Crippen LogP contribution in [-0.2, 0) is 4.79 Å². The van der Waals surface area contributed by atoms with E-state index in [-0.39, 0.29) is 31.6 Å². The van der Waals surface area contributed by atoms with Crippen LogP contribution < -0.4 is 5.32 Å². The molecule has 1 saturated carbocycles. The largest absolute Gasteiger partial charge is 0.310 e. The third kappa shape index (κ3) is 2.99. The molecule has 0 unspecified atom stereocenters. The number of halogens is 2. The Morgan fingerprint density at radius 3 is 2.83 bits per heavy atom. The van der Waals surface area contributed by atoms with Crippen molar-refractivity contribution in [3.05, 3.63) is 23.5 Å². The van der Waals surface area contributed by atoms with Crippen molar-refractivity contribution in [3.8, 4) is 6.07 Å². The van der Waals surface area contributed by atoms with Crippen LogP contribution in [0.1, 0.15) is 36.9 Å². The quantitative estimate of drug-likeness (QED) is 0.922. The number of aromatic nitrogens is 3. The minimum Gasteiger partial charge on any atom is -0.310 e. The Morgan fingerprint density at radius 2 is 2.17 bits per heavy atom. The average molecular weight is 319 g/mol. The second-order valence-corrected chi connectivity index (χ2v) is 5.81. The van der Waals surface area contributed by atoms with Crippen molar-refractivity contribution in [2.45, 2.75) is 38.5 Å². The van der Waals surface area contributed by atoms with Gasteiger partial charge in [-0.1, -0.05) is 0 Å². The van der Waals surface area contributed by atoms with Crippen LogP contribution in [0.25, 0.3) is 5.65 Å². The van der Waals surface area contributed by atoms with Gasteiger partial charge in [0.1, 0.15) is 17.5 Å². The molecule has 1 aliphatic carbocycles. The average Bonchev–Trinajstić information content (AvgIpc) is 2.89. The highest BCUT2D eigenvalue weighted by molar-refractivity contribution is 5.92. The predicted octanol–water partition coefficient (Wildman–Crippen LogP) is 2.67. The molecule has 23 heavy (non-hydrogen) atoms. The lowest BCUT2D eigenvalue weighted by atomic mass is 9.86. The first-order chi connectivity index (χ1) is 10.9. The van der Waals surface area contributed by atoms with Crippen LogP contribution >= 0.6 is 0 Å². The normalized spacial score (nSPS) is 17.8. The van der Waals surface area contributed by atoms with Gasteiger partial charge in [0.2, 0.25) is 11.8 Å². The molecule has 1 amide bonds. The Morgan fingerprint density at radius 1 is 1.48 bits per heavy atom. The van der Waals surface area contributed by atoms with Gasteiger partial charge in [0.25, 0.3) is 0 Å². The third-order valence-electron chi connectivity index (χ3n) is 4.06. The van der Waals surface area contributed by atoms with Crippen molar-refractivity contribution in [2.24, 2.45) is 5.92 Å². The van der Waals surface area contributed by atoms with E-state index in [4.69, 9.17) is 5.26 Å². The molecular weight excluding hydrogens is 304 g/mol. The first-order valence-electron chi connectivity index (χ1n) is 7.34. The van der Waals surface area contributed by atoms with Crippen LogP contribution in [0.2, 0.25) is 0 Å². The van der Waals surface area contributed by atoms with Crippen molar-refractivity contribution < 1.29 is 13.6 Å². The molecule has 1 fully saturated rings. The summed E-state index contributed by atoms with van der Waals surface area (Å²) >= 11 is 0. The lowest BCUT2D eigenvalue weighted by Crippen LogP contribution is -2.32. The number of hydrogen-bond acceptors (Lipinski definition) is 4. The van der Waals surface area contributed by atoms with E-state index in [0.717, 1.165) is 0 Å². The summed E-state index contributed by atoms with van der Waals surface area (Å²) < 4.78 is 27.7. The number of nitriles is 1. The van der Waals surface area contributed by atoms with Gasteiger partial charge >= 0.3 is 0 Å². The maximum atomic E-state index is 13.2. The number of nitrogens with one attached hydrogen (secondary N) is 1. The number of anilines is 1. The highest BCUT2D eigenvalue weighted by Gasteiger charge is 2.37.